The van der Waals surface area contributed by atoms with Crippen LogP contribution in [0.25, 0.3) is 0 Å². The minimum Gasteiger partial charge on any atom is -0.355 e. The summed E-state index contributed by atoms with van der Waals surface area (Å²) in [5, 5.41) is 1.53. The Labute approximate surface area is 120 Å². The Morgan fingerprint density at radius 3 is 2.29 bits per heavy atom. The highest BCUT2D eigenvalue weighted by Gasteiger charge is 2.41. The van der Waals surface area contributed by atoms with Crippen molar-refractivity contribution < 1.29 is 26.4 Å². The highest BCUT2D eigenvalue weighted by molar-refractivity contribution is 7.94. The van der Waals surface area contributed by atoms with Crippen molar-refractivity contribution in [2.75, 3.05) is 12.3 Å². The molecule has 1 amide bonds. The maximum Gasteiger partial charge on any atom is 0.416 e. The van der Waals surface area contributed by atoms with Gasteiger partial charge in [0.25, 0.3) is 0 Å². The van der Waals surface area contributed by atoms with Crippen molar-refractivity contribution in [1.82, 2.24) is 5.32 Å². The zero-order valence-corrected chi connectivity index (χ0v) is 11.8. The summed E-state index contributed by atoms with van der Waals surface area (Å²) in [5.41, 5.74) is -0.0874. The minimum atomic E-state index is -4.37. The second-order valence-electron chi connectivity index (χ2n) is 4.88. The summed E-state index contributed by atoms with van der Waals surface area (Å²) < 4.78 is 59.6. The standard InChI is InChI=1S/C13H14F3NO3S/c14-13(15,16)10-3-1-9(2-4-10)5-7-17-12(18)11-6-8-21(11,19)20/h1-4,11H,5-8H2,(H,17,18). The summed E-state index contributed by atoms with van der Waals surface area (Å²) in [4.78, 5) is 11.6. The molecule has 0 aromatic heterocycles. The monoisotopic (exact) mass is 321 g/mol. The lowest BCUT2D eigenvalue weighted by Gasteiger charge is -2.24. The van der Waals surface area contributed by atoms with Gasteiger partial charge >= 0.3 is 6.18 Å². The molecule has 0 bridgehead atoms. The quantitative estimate of drug-likeness (QED) is 0.915. The van der Waals surface area contributed by atoms with E-state index in [2.05, 4.69) is 5.32 Å². The Balaban J connectivity index is 1.83. The van der Waals surface area contributed by atoms with Crippen LogP contribution in [0.1, 0.15) is 17.5 Å². The van der Waals surface area contributed by atoms with Gasteiger partial charge in [-0.3, -0.25) is 4.79 Å². The lowest BCUT2D eigenvalue weighted by molar-refractivity contribution is -0.137. The van der Waals surface area contributed by atoms with Crippen molar-refractivity contribution in [3.05, 3.63) is 35.4 Å². The molecule has 1 aliphatic rings. The number of hydrogen-bond donors (Lipinski definition) is 1. The summed E-state index contributed by atoms with van der Waals surface area (Å²) in [6.07, 6.45) is -3.70. The smallest absolute Gasteiger partial charge is 0.355 e. The third-order valence-corrected chi connectivity index (χ3v) is 5.51. The zero-order chi connectivity index (χ0) is 15.7. The minimum absolute atomic E-state index is 0.0317. The number of alkyl halides is 3. The van der Waals surface area contributed by atoms with Crippen LogP contribution in [-0.2, 0) is 27.2 Å². The molecular weight excluding hydrogens is 307 g/mol. The molecule has 1 aromatic rings. The van der Waals surface area contributed by atoms with Crippen LogP contribution in [0, 0.1) is 0 Å². The predicted molar refractivity (Wildman–Crippen MR) is 70.3 cm³/mol. The van der Waals surface area contributed by atoms with E-state index in [1.165, 1.54) is 12.1 Å². The fraction of sp³-hybridized carbons (Fsp3) is 0.462. The van der Waals surface area contributed by atoms with Crippen molar-refractivity contribution >= 4 is 15.7 Å². The van der Waals surface area contributed by atoms with Crippen LogP contribution < -0.4 is 5.32 Å². The first kappa shape index (κ1) is 15.8. The summed E-state index contributed by atoms with van der Waals surface area (Å²) in [5.74, 6) is -0.502. The fourth-order valence-electron chi connectivity index (χ4n) is 2.03. The first-order chi connectivity index (χ1) is 9.70. The summed E-state index contributed by atoms with van der Waals surface area (Å²) in [6, 6.07) is 4.64. The van der Waals surface area contributed by atoms with E-state index < -0.39 is 32.7 Å². The molecule has 0 spiro atoms. The van der Waals surface area contributed by atoms with E-state index in [1.54, 1.807) is 0 Å². The lowest BCUT2D eigenvalue weighted by Crippen LogP contribution is -2.48. The van der Waals surface area contributed by atoms with E-state index in [0.717, 1.165) is 12.1 Å². The van der Waals surface area contributed by atoms with Gasteiger partial charge < -0.3 is 5.32 Å². The zero-order valence-electron chi connectivity index (χ0n) is 11.0. The first-order valence-electron chi connectivity index (χ1n) is 6.35. The molecule has 2 rings (SSSR count). The summed E-state index contributed by atoms with van der Waals surface area (Å²) in [7, 11) is -3.28. The van der Waals surface area contributed by atoms with E-state index in [4.69, 9.17) is 0 Å². The first-order valence-corrected chi connectivity index (χ1v) is 8.07. The Hall–Kier alpha value is -1.57. The Morgan fingerprint density at radius 2 is 1.86 bits per heavy atom. The Kier molecular flexibility index (Phi) is 4.27. The molecule has 21 heavy (non-hydrogen) atoms. The van der Waals surface area contributed by atoms with Crippen LogP contribution >= 0.6 is 0 Å². The number of nitrogens with one attached hydrogen (secondary N) is 1. The second-order valence-corrected chi connectivity index (χ2v) is 7.18. The van der Waals surface area contributed by atoms with Crippen molar-refractivity contribution in [2.24, 2.45) is 0 Å². The number of halogens is 3. The van der Waals surface area contributed by atoms with Gasteiger partial charge in [-0.05, 0) is 30.5 Å². The van der Waals surface area contributed by atoms with Gasteiger partial charge in [-0.15, -0.1) is 0 Å². The van der Waals surface area contributed by atoms with E-state index in [-0.39, 0.29) is 12.3 Å². The number of hydrogen-bond acceptors (Lipinski definition) is 3. The van der Waals surface area contributed by atoms with Crippen LogP contribution in [0.5, 0.6) is 0 Å². The number of sulfone groups is 1. The van der Waals surface area contributed by atoms with E-state index >= 15 is 0 Å². The molecule has 8 heteroatoms. The summed E-state index contributed by atoms with van der Waals surface area (Å²) >= 11 is 0. The second kappa shape index (κ2) is 5.67. The number of amides is 1. The van der Waals surface area contributed by atoms with E-state index in [1.807, 2.05) is 0 Å². The van der Waals surface area contributed by atoms with Crippen LogP contribution in [-0.4, -0.2) is 31.9 Å². The molecule has 1 N–H and O–H groups in total. The normalized spacial score (nSPS) is 20.6. The van der Waals surface area contributed by atoms with Crippen molar-refractivity contribution in [1.29, 1.82) is 0 Å². The van der Waals surface area contributed by atoms with Gasteiger partial charge in [0.15, 0.2) is 9.84 Å². The van der Waals surface area contributed by atoms with Crippen molar-refractivity contribution in [2.45, 2.75) is 24.3 Å². The van der Waals surface area contributed by atoms with E-state index in [0.29, 0.717) is 18.4 Å². The van der Waals surface area contributed by atoms with Gasteiger partial charge in [-0.1, -0.05) is 12.1 Å². The maximum atomic E-state index is 12.4. The highest BCUT2D eigenvalue weighted by Crippen LogP contribution is 2.29. The third kappa shape index (κ3) is 3.75. The van der Waals surface area contributed by atoms with Gasteiger partial charge in [0.1, 0.15) is 5.25 Å². The Bertz CT molecular complexity index is 623. The van der Waals surface area contributed by atoms with Crippen molar-refractivity contribution in [3.8, 4) is 0 Å². The van der Waals surface area contributed by atoms with Gasteiger partial charge in [0.05, 0.1) is 11.3 Å². The molecule has 116 valence electrons. The molecule has 0 radical (unpaired) electrons. The van der Waals surface area contributed by atoms with Gasteiger partial charge in [-0.25, -0.2) is 8.42 Å². The van der Waals surface area contributed by atoms with Gasteiger partial charge in [0, 0.05) is 6.54 Å². The predicted octanol–water partition coefficient (Wildman–Crippen LogP) is 1.55. The van der Waals surface area contributed by atoms with Gasteiger partial charge in [-0.2, -0.15) is 13.2 Å². The molecule has 1 atom stereocenters. The fourth-order valence-corrected chi connectivity index (χ4v) is 3.29. The molecular formula is C13H14F3NO3S. The molecule has 1 heterocycles. The molecule has 4 nitrogen and oxygen atoms in total. The molecule has 1 fully saturated rings. The molecule has 1 saturated heterocycles. The van der Waals surface area contributed by atoms with Crippen molar-refractivity contribution in [3.63, 3.8) is 0 Å². The van der Waals surface area contributed by atoms with E-state index in [9.17, 15) is 26.4 Å². The number of rotatable bonds is 4. The van der Waals surface area contributed by atoms with Crippen LogP contribution in [0.15, 0.2) is 24.3 Å². The van der Waals surface area contributed by atoms with Crippen LogP contribution in [0.3, 0.4) is 0 Å². The molecule has 1 aromatic carbocycles. The number of benzene rings is 1. The third-order valence-electron chi connectivity index (χ3n) is 3.38. The number of carbonyl (C=O) groups excluding carboxylic acids is 1. The molecule has 0 saturated carbocycles. The van der Waals surface area contributed by atoms with Crippen LogP contribution in [0.2, 0.25) is 0 Å². The lowest BCUT2D eigenvalue weighted by atomic mass is 10.1. The SMILES string of the molecule is O=C(NCCc1ccc(C(F)(F)F)cc1)C1CCS1(=O)=O. The topological polar surface area (TPSA) is 63.2 Å². The largest absolute Gasteiger partial charge is 0.416 e. The number of carbonyl (C=O) groups is 1. The van der Waals surface area contributed by atoms with Gasteiger partial charge in [0.2, 0.25) is 5.91 Å². The average molecular weight is 321 g/mol. The van der Waals surface area contributed by atoms with Crippen LogP contribution in [0.4, 0.5) is 13.2 Å². The average Bonchev–Trinajstić information content (AvgIpc) is 2.37. The maximum absolute atomic E-state index is 12.4. The molecule has 0 aliphatic carbocycles. The molecule has 1 aliphatic heterocycles. The summed E-state index contributed by atoms with van der Waals surface area (Å²) in [6.45, 7) is 0.191. The Morgan fingerprint density at radius 1 is 1.24 bits per heavy atom. The molecule has 1 unspecified atom stereocenters. The highest BCUT2D eigenvalue weighted by atomic mass is 32.2.